The summed E-state index contributed by atoms with van der Waals surface area (Å²) in [4.78, 5) is 35.4. The van der Waals surface area contributed by atoms with Crippen LogP contribution >= 0.6 is 0 Å². The average molecular weight is 455 g/mol. The predicted molar refractivity (Wildman–Crippen MR) is 112 cm³/mol. The van der Waals surface area contributed by atoms with Gasteiger partial charge in [0.2, 0.25) is 18.7 Å². The van der Waals surface area contributed by atoms with Crippen molar-refractivity contribution < 1.29 is 32.7 Å². The molecular weight excluding hydrogens is 427 g/mol. The minimum Gasteiger partial charge on any atom is -0.479 e. The van der Waals surface area contributed by atoms with Crippen molar-refractivity contribution in [3.8, 4) is 0 Å². The molecule has 3 N–H and O–H groups in total. The number of aliphatic carboxylic acids is 1. The van der Waals surface area contributed by atoms with Crippen LogP contribution in [-0.2, 0) is 27.5 Å². The smallest absolute Gasteiger partial charge is 0.335 e. The standard InChI is InChI=1S/C19H23N3O2.C2H3FO2.CH2F2/c23-18(22-11-14-3-1-2-4-15(14)12-22)8-7-16(13-5-6-13)21-19(24)17-9-10-20-17;3-1-2(4)5;2-1-3/h1-4,7-8,13,16-17,20H,5-6,9-12H2,(H,21,24);1H2,(H,4,5);1H2/b8-7+;;/t16-,17+;;/m1../s1. The van der Waals surface area contributed by atoms with Crippen molar-refractivity contribution in [3.63, 3.8) is 0 Å². The van der Waals surface area contributed by atoms with E-state index in [0.717, 1.165) is 25.8 Å². The second-order valence-corrected chi connectivity index (χ2v) is 7.62. The van der Waals surface area contributed by atoms with Gasteiger partial charge < -0.3 is 20.6 Å². The Morgan fingerprint density at radius 2 is 1.66 bits per heavy atom. The lowest BCUT2D eigenvalue weighted by Crippen LogP contribution is -2.55. The van der Waals surface area contributed by atoms with Crippen LogP contribution in [0.15, 0.2) is 36.4 Å². The molecule has 0 spiro atoms. The maximum Gasteiger partial charge on any atom is 0.335 e. The molecule has 176 valence electrons. The van der Waals surface area contributed by atoms with Crippen molar-refractivity contribution in [2.75, 3.05) is 20.1 Å². The van der Waals surface area contributed by atoms with Crippen LogP contribution in [-0.4, -0.2) is 60.0 Å². The molecule has 1 aliphatic carbocycles. The summed E-state index contributed by atoms with van der Waals surface area (Å²) in [5.74, 6) is -0.851. The molecule has 4 rings (SSSR count). The van der Waals surface area contributed by atoms with Crippen molar-refractivity contribution in [3.05, 3.63) is 47.5 Å². The van der Waals surface area contributed by atoms with Crippen LogP contribution in [0.2, 0.25) is 0 Å². The van der Waals surface area contributed by atoms with Gasteiger partial charge in [-0.2, -0.15) is 0 Å². The van der Waals surface area contributed by atoms with Gasteiger partial charge in [-0.15, -0.1) is 0 Å². The number of carboxylic acid groups (broad SMARTS) is 1. The van der Waals surface area contributed by atoms with Crippen LogP contribution in [0.5, 0.6) is 0 Å². The predicted octanol–water partition coefficient (Wildman–Crippen LogP) is 2.27. The SMILES string of the molecule is FCF.O=C(N[C@H](/C=C/C(=O)N1Cc2ccccc2C1)C1CC1)[C@@H]1CCN1.O=C(O)CF. The molecule has 10 heteroatoms. The number of hydrogen-bond donors (Lipinski definition) is 3. The Balaban J connectivity index is 0.000000395. The highest BCUT2D eigenvalue weighted by Gasteiger charge is 2.33. The zero-order valence-corrected chi connectivity index (χ0v) is 17.6. The zero-order valence-electron chi connectivity index (χ0n) is 17.6. The Morgan fingerprint density at radius 1 is 1.12 bits per heavy atom. The van der Waals surface area contributed by atoms with Crippen molar-refractivity contribution in [2.45, 2.75) is 44.4 Å². The van der Waals surface area contributed by atoms with Crippen molar-refractivity contribution in [2.24, 2.45) is 5.92 Å². The van der Waals surface area contributed by atoms with Gasteiger partial charge in [0, 0.05) is 19.2 Å². The minimum absolute atomic E-state index is 0.0196. The summed E-state index contributed by atoms with van der Waals surface area (Å²) in [5.41, 5.74) is 2.45. The molecule has 2 aliphatic heterocycles. The number of benzene rings is 1. The summed E-state index contributed by atoms with van der Waals surface area (Å²) >= 11 is 0. The summed E-state index contributed by atoms with van der Waals surface area (Å²) in [7, 11) is 0. The summed E-state index contributed by atoms with van der Waals surface area (Å²) in [6.07, 6.45) is 6.67. The maximum absolute atomic E-state index is 12.5. The number of alkyl halides is 3. The number of nitrogens with one attached hydrogen (secondary N) is 2. The molecule has 2 amide bonds. The van der Waals surface area contributed by atoms with E-state index in [4.69, 9.17) is 9.90 Å². The second-order valence-electron chi connectivity index (χ2n) is 7.62. The molecule has 2 fully saturated rings. The fourth-order valence-corrected chi connectivity index (χ4v) is 3.34. The molecule has 2 atom stereocenters. The van der Waals surface area contributed by atoms with E-state index in [1.165, 1.54) is 11.1 Å². The van der Waals surface area contributed by atoms with E-state index >= 15 is 0 Å². The first-order valence-electron chi connectivity index (χ1n) is 10.4. The van der Waals surface area contributed by atoms with Gasteiger partial charge in [-0.1, -0.05) is 30.3 Å². The van der Waals surface area contributed by atoms with Gasteiger partial charge in [0.1, 0.15) is 0 Å². The van der Waals surface area contributed by atoms with Crippen LogP contribution in [0.25, 0.3) is 0 Å². The Bertz CT molecular complexity index is 788. The van der Waals surface area contributed by atoms with Crippen molar-refractivity contribution in [1.82, 2.24) is 15.5 Å². The Kier molecular flexibility index (Phi) is 10.2. The number of hydrogen-bond acceptors (Lipinski definition) is 4. The lowest BCUT2D eigenvalue weighted by Gasteiger charge is -2.28. The summed E-state index contributed by atoms with van der Waals surface area (Å²) in [6.45, 7) is -0.770. The van der Waals surface area contributed by atoms with Crippen LogP contribution in [0, 0.1) is 5.92 Å². The van der Waals surface area contributed by atoms with E-state index in [9.17, 15) is 22.8 Å². The minimum atomic E-state index is -1.75. The highest BCUT2D eigenvalue weighted by molar-refractivity contribution is 5.88. The molecule has 1 saturated heterocycles. The molecular formula is C22H28F3N3O4. The van der Waals surface area contributed by atoms with E-state index in [-0.39, 0.29) is 23.9 Å². The van der Waals surface area contributed by atoms with E-state index in [1.54, 1.807) is 6.08 Å². The van der Waals surface area contributed by atoms with E-state index in [0.29, 0.717) is 19.0 Å². The Labute approximate surface area is 184 Å². The fraction of sp³-hybridized carbons (Fsp3) is 0.500. The summed E-state index contributed by atoms with van der Waals surface area (Å²) in [6, 6.07) is 8.10. The molecule has 0 unspecified atom stereocenters. The molecule has 7 nitrogen and oxygen atoms in total. The topological polar surface area (TPSA) is 98.7 Å². The van der Waals surface area contributed by atoms with Gasteiger partial charge in [-0.3, -0.25) is 9.59 Å². The Hall–Kier alpha value is -2.88. The second kappa shape index (κ2) is 12.8. The van der Waals surface area contributed by atoms with Crippen LogP contribution in [0.1, 0.15) is 30.4 Å². The van der Waals surface area contributed by atoms with E-state index in [2.05, 4.69) is 22.8 Å². The molecule has 1 aromatic rings. The van der Waals surface area contributed by atoms with Crippen molar-refractivity contribution in [1.29, 1.82) is 0 Å². The maximum atomic E-state index is 12.5. The molecule has 2 heterocycles. The third-order valence-electron chi connectivity index (χ3n) is 5.29. The van der Waals surface area contributed by atoms with Crippen molar-refractivity contribution >= 4 is 17.8 Å². The van der Waals surface area contributed by atoms with Crippen LogP contribution in [0.4, 0.5) is 13.2 Å². The van der Waals surface area contributed by atoms with Gasteiger partial charge in [0.25, 0.3) is 0 Å². The first-order chi connectivity index (χ1) is 15.4. The summed E-state index contributed by atoms with van der Waals surface area (Å²) < 4.78 is 29.8. The first-order valence-corrected chi connectivity index (χ1v) is 10.4. The van der Waals surface area contributed by atoms with Crippen LogP contribution in [0.3, 0.4) is 0 Å². The zero-order chi connectivity index (χ0) is 23.5. The van der Waals surface area contributed by atoms with E-state index < -0.39 is 19.6 Å². The molecule has 0 bridgehead atoms. The Morgan fingerprint density at radius 3 is 2.06 bits per heavy atom. The molecule has 0 aromatic heterocycles. The molecule has 1 saturated carbocycles. The fourth-order valence-electron chi connectivity index (χ4n) is 3.34. The largest absolute Gasteiger partial charge is 0.479 e. The lowest BCUT2D eigenvalue weighted by molar-refractivity contribution is -0.138. The normalized spacial score (nSPS) is 19.5. The number of fused-ring (bicyclic) bond motifs is 1. The third-order valence-corrected chi connectivity index (χ3v) is 5.29. The monoisotopic (exact) mass is 455 g/mol. The van der Waals surface area contributed by atoms with Gasteiger partial charge in [0.15, 0.2) is 6.67 Å². The van der Waals surface area contributed by atoms with Gasteiger partial charge in [-0.25, -0.2) is 18.0 Å². The number of rotatable bonds is 6. The van der Waals surface area contributed by atoms with Gasteiger partial charge in [0.05, 0.1) is 12.1 Å². The first kappa shape index (κ1) is 25.4. The molecule has 0 radical (unpaired) electrons. The molecule has 3 aliphatic rings. The number of halogens is 3. The number of carbonyl (C=O) groups is 3. The quantitative estimate of drug-likeness (QED) is 0.572. The lowest BCUT2D eigenvalue weighted by atomic mass is 10.1. The molecule has 32 heavy (non-hydrogen) atoms. The van der Waals surface area contributed by atoms with Crippen LogP contribution < -0.4 is 10.6 Å². The van der Waals surface area contributed by atoms with Gasteiger partial charge >= 0.3 is 5.97 Å². The highest BCUT2D eigenvalue weighted by atomic mass is 19.3. The number of amides is 2. The number of carboxylic acids is 1. The number of carbonyl (C=O) groups excluding carboxylic acids is 2. The molecule has 1 aromatic carbocycles. The highest BCUT2D eigenvalue weighted by Crippen LogP contribution is 2.33. The third kappa shape index (κ3) is 7.99. The number of nitrogens with zero attached hydrogens (tertiary/aromatic N) is 1. The van der Waals surface area contributed by atoms with E-state index in [1.807, 2.05) is 23.1 Å². The van der Waals surface area contributed by atoms with Gasteiger partial charge in [-0.05, 0) is 42.9 Å². The summed E-state index contributed by atoms with van der Waals surface area (Å²) in [5, 5.41) is 13.6. The average Bonchev–Trinajstić information content (AvgIpc) is 3.48.